The van der Waals surface area contributed by atoms with Crippen LogP contribution in [0.25, 0.3) is 10.9 Å². The lowest BCUT2D eigenvalue weighted by molar-refractivity contribution is -0.118. The van der Waals surface area contributed by atoms with Crippen LogP contribution in [0, 0.1) is 0 Å². The van der Waals surface area contributed by atoms with Crippen molar-refractivity contribution in [1.29, 1.82) is 0 Å². The minimum absolute atomic E-state index is 0.122. The lowest BCUT2D eigenvalue weighted by Gasteiger charge is -2.11. The van der Waals surface area contributed by atoms with Crippen molar-refractivity contribution >= 4 is 34.2 Å². The molecular weight excluding hydrogens is 388 g/mol. The van der Waals surface area contributed by atoms with Crippen LogP contribution in [0.15, 0.2) is 36.4 Å². The van der Waals surface area contributed by atoms with E-state index in [2.05, 4.69) is 4.57 Å². The molecule has 1 aliphatic carbocycles. The Morgan fingerprint density at radius 1 is 1.17 bits per heavy atom. The number of benzene rings is 2. The SMILES string of the molecule is COc1ccc(CC(=O)CCn2c3c(c4ccc(C(N)=O)cc42)CCC3)c(Cl)c1. The number of nitrogens with zero attached hydrogens (tertiary/aromatic N) is 1. The fourth-order valence-electron chi connectivity index (χ4n) is 4.22. The summed E-state index contributed by atoms with van der Waals surface area (Å²) < 4.78 is 7.35. The summed E-state index contributed by atoms with van der Waals surface area (Å²) in [5.74, 6) is 0.354. The number of carbonyl (C=O) groups excluding carboxylic acids is 2. The van der Waals surface area contributed by atoms with Gasteiger partial charge in [0.15, 0.2) is 0 Å². The number of hydrogen-bond acceptors (Lipinski definition) is 3. The highest BCUT2D eigenvalue weighted by Crippen LogP contribution is 2.34. The van der Waals surface area contributed by atoms with Crippen molar-refractivity contribution in [3.63, 3.8) is 0 Å². The Bertz CT molecular complexity index is 1120. The number of aryl methyl sites for hydroxylation is 2. The van der Waals surface area contributed by atoms with Gasteiger partial charge in [0, 0.05) is 46.6 Å². The molecule has 0 atom stereocenters. The Morgan fingerprint density at radius 3 is 2.72 bits per heavy atom. The van der Waals surface area contributed by atoms with Crippen LogP contribution >= 0.6 is 11.6 Å². The zero-order valence-corrected chi connectivity index (χ0v) is 17.1. The normalized spacial score (nSPS) is 12.9. The molecule has 0 unspecified atom stereocenters. The van der Waals surface area contributed by atoms with Crippen molar-refractivity contribution in [1.82, 2.24) is 4.57 Å². The van der Waals surface area contributed by atoms with Crippen LogP contribution < -0.4 is 10.5 Å². The van der Waals surface area contributed by atoms with Gasteiger partial charge >= 0.3 is 0 Å². The number of rotatable bonds is 7. The molecule has 5 nitrogen and oxygen atoms in total. The summed E-state index contributed by atoms with van der Waals surface area (Å²) in [4.78, 5) is 24.3. The number of aromatic nitrogens is 1. The Labute approximate surface area is 174 Å². The quantitative estimate of drug-likeness (QED) is 0.637. The van der Waals surface area contributed by atoms with E-state index < -0.39 is 5.91 Å². The molecule has 6 heteroatoms. The molecule has 4 rings (SSSR count). The van der Waals surface area contributed by atoms with Gasteiger partial charge in [-0.15, -0.1) is 0 Å². The molecule has 2 N–H and O–H groups in total. The van der Waals surface area contributed by atoms with E-state index in [1.165, 1.54) is 11.3 Å². The maximum Gasteiger partial charge on any atom is 0.248 e. The smallest absolute Gasteiger partial charge is 0.248 e. The number of ether oxygens (including phenoxy) is 1. The molecule has 0 radical (unpaired) electrons. The fourth-order valence-corrected chi connectivity index (χ4v) is 4.45. The first kappa shape index (κ1) is 19.5. The maximum atomic E-state index is 12.6. The first-order valence-corrected chi connectivity index (χ1v) is 10.1. The minimum atomic E-state index is -0.440. The van der Waals surface area contributed by atoms with Gasteiger partial charge in [-0.05, 0) is 54.7 Å². The second-order valence-corrected chi connectivity index (χ2v) is 7.86. The second-order valence-electron chi connectivity index (χ2n) is 7.45. The molecular formula is C23H23ClN2O3. The first-order chi connectivity index (χ1) is 14.0. The zero-order chi connectivity index (χ0) is 20.5. The van der Waals surface area contributed by atoms with Crippen LogP contribution in [0.4, 0.5) is 0 Å². The standard InChI is InChI=1S/C23H23ClN2O3/c1-29-17-7-5-14(20(24)13-17)11-16(27)9-10-26-21-4-2-3-18(21)19-8-6-15(23(25)28)12-22(19)26/h5-8,12-13H,2-4,9-11H2,1H3,(H2,25,28). The maximum absolute atomic E-state index is 12.6. The van der Waals surface area contributed by atoms with Crippen molar-refractivity contribution in [3.05, 3.63) is 63.8 Å². The lowest BCUT2D eigenvalue weighted by Crippen LogP contribution is -2.12. The summed E-state index contributed by atoms with van der Waals surface area (Å²) in [6.07, 6.45) is 3.84. The second kappa shape index (κ2) is 7.91. The third kappa shape index (κ3) is 3.75. The van der Waals surface area contributed by atoms with E-state index in [4.69, 9.17) is 22.1 Å². The van der Waals surface area contributed by atoms with Gasteiger partial charge in [0.05, 0.1) is 7.11 Å². The third-order valence-electron chi connectivity index (χ3n) is 5.67. The van der Waals surface area contributed by atoms with Gasteiger partial charge < -0.3 is 15.0 Å². The van der Waals surface area contributed by atoms with Crippen LogP contribution in [0.2, 0.25) is 5.02 Å². The minimum Gasteiger partial charge on any atom is -0.497 e. The molecule has 0 bridgehead atoms. The number of Topliss-reactive ketones (excluding diaryl/α,β-unsaturated/α-hetero) is 1. The molecule has 1 amide bonds. The summed E-state index contributed by atoms with van der Waals surface area (Å²) in [7, 11) is 1.58. The number of ketones is 1. The molecule has 3 aromatic rings. The van der Waals surface area contributed by atoms with Crippen LogP contribution in [0.5, 0.6) is 5.75 Å². The highest BCUT2D eigenvalue weighted by atomic mass is 35.5. The van der Waals surface area contributed by atoms with E-state index >= 15 is 0 Å². The van der Waals surface area contributed by atoms with Gasteiger partial charge in [-0.25, -0.2) is 0 Å². The third-order valence-corrected chi connectivity index (χ3v) is 6.03. The van der Waals surface area contributed by atoms with Gasteiger partial charge in [-0.3, -0.25) is 9.59 Å². The molecule has 0 saturated carbocycles. The Morgan fingerprint density at radius 2 is 2.00 bits per heavy atom. The van der Waals surface area contributed by atoms with Crippen molar-refractivity contribution < 1.29 is 14.3 Å². The average molecular weight is 411 g/mol. The van der Waals surface area contributed by atoms with E-state index in [1.807, 2.05) is 24.3 Å². The van der Waals surface area contributed by atoms with Gasteiger partial charge in [0.25, 0.3) is 0 Å². The first-order valence-electron chi connectivity index (χ1n) is 9.76. The molecule has 1 heterocycles. The molecule has 0 fully saturated rings. The molecule has 0 saturated heterocycles. The summed E-state index contributed by atoms with van der Waals surface area (Å²) in [5.41, 5.74) is 10.4. The van der Waals surface area contributed by atoms with Crippen LogP contribution in [0.3, 0.4) is 0 Å². The van der Waals surface area contributed by atoms with Gasteiger partial charge in [-0.1, -0.05) is 23.7 Å². The summed E-state index contributed by atoms with van der Waals surface area (Å²) in [6, 6.07) is 11.0. The molecule has 2 aromatic carbocycles. The Hall–Kier alpha value is -2.79. The highest BCUT2D eigenvalue weighted by molar-refractivity contribution is 6.31. The molecule has 29 heavy (non-hydrogen) atoms. The van der Waals surface area contributed by atoms with Crippen molar-refractivity contribution in [2.75, 3.05) is 7.11 Å². The largest absolute Gasteiger partial charge is 0.497 e. The monoisotopic (exact) mass is 410 g/mol. The molecule has 0 spiro atoms. The summed E-state index contributed by atoms with van der Waals surface area (Å²) in [5, 5.41) is 1.70. The van der Waals surface area contributed by atoms with Crippen LogP contribution in [-0.2, 0) is 30.6 Å². The van der Waals surface area contributed by atoms with E-state index in [0.29, 0.717) is 29.3 Å². The topological polar surface area (TPSA) is 74.3 Å². The Balaban J connectivity index is 1.55. The van der Waals surface area contributed by atoms with E-state index in [-0.39, 0.29) is 12.2 Å². The van der Waals surface area contributed by atoms with E-state index in [9.17, 15) is 9.59 Å². The van der Waals surface area contributed by atoms with Gasteiger partial charge in [0.2, 0.25) is 5.91 Å². The number of primary amides is 1. The lowest BCUT2D eigenvalue weighted by atomic mass is 10.1. The van der Waals surface area contributed by atoms with Crippen molar-refractivity contribution in [2.24, 2.45) is 5.73 Å². The van der Waals surface area contributed by atoms with Gasteiger partial charge in [0.1, 0.15) is 11.5 Å². The van der Waals surface area contributed by atoms with Crippen LogP contribution in [0.1, 0.15) is 40.0 Å². The average Bonchev–Trinajstić information content (AvgIpc) is 3.28. The highest BCUT2D eigenvalue weighted by Gasteiger charge is 2.22. The predicted octanol–water partition coefficient (Wildman–Crippen LogP) is 4.09. The number of hydrogen-bond donors (Lipinski definition) is 1. The number of halogens is 1. The molecule has 1 aromatic heterocycles. The van der Waals surface area contributed by atoms with Crippen molar-refractivity contribution in [2.45, 2.75) is 38.6 Å². The molecule has 0 aliphatic heterocycles. The molecule has 1 aliphatic rings. The van der Waals surface area contributed by atoms with E-state index in [1.54, 1.807) is 19.2 Å². The Kier molecular flexibility index (Phi) is 5.33. The van der Waals surface area contributed by atoms with Gasteiger partial charge in [-0.2, -0.15) is 0 Å². The number of carbonyl (C=O) groups is 2. The number of nitrogens with two attached hydrogens (primary N) is 1. The van der Waals surface area contributed by atoms with Crippen LogP contribution in [-0.4, -0.2) is 23.4 Å². The number of amides is 1. The number of fused-ring (bicyclic) bond motifs is 3. The van der Waals surface area contributed by atoms with E-state index in [0.717, 1.165) is 35.7 Å². The fraction of sp³-hybridized carbons (Fsp3) is 0.304. The summed E-state index contributed by atoms with van der Waals surface area (Å²) >= 11 is 6.27. The summed E-state index contributed by atoms with van der Waals surface area (Å²) in [6.45, 7) is 0.584. The predicted molar refractivity (Wildman–Crippen MR) is 114 cm³/mol. The van der Waals surface area contributed by atoms with Crippen molar-refractivity contribution in [3.8, 4) is 5.75 Å². The zero-order valence-electron chi connectivity index (χ0n) is 16.3. The number of methoxy groups -OCH3 is 1. The molecule has 150 valence electrons.